The molecule has 0 saturated heterocycles. The third kappa shape index (κ3) is 3.19. The van der Waals surface area contributed by atoms with Gasteiger partial charge in [0.25, 0.3) is 0 Å². The maximum atomic E-state index is 12.5. The minimum Gasteiger partial charge on any atom is -0.339 e. The van der Waals surface area contributed by atoms with Crippen molar-refractivity contribution in [1.82, 2.24) is 9.97 Å². The van der Waals surface area contributed by atoms with E-state index in [1.54, 1.807) is 6.07 Å². The molecule has 2 aromatic rings. The molecule has 0 saturated carbocycles. The molecule has 0 aliphatic heterocycles. The van der Waals surface area contributed by atoms with Crippen LogP contribution in [0.2, 0.25) is 0 Å². The van der Waals surface area contributed by atoms with Crippen LogP contribution in [0.1, 0.15) is 11.3 Å². The maximum absolute atomic E-state index is 12.5. The van der Waals surface area contributed by atoms with Crippen LogP contribution in [0.4, 0.5) is 24.7 Å². The van der Waals surface area contributed by atoms with Crippen LogP contribution in [0.5, 0.6) is 0 Å². The molecule has 96 valence electrons. The number of hydrogen-bond donors (Lipinski definition) is 1. The molecule has 1 aromatic heterocycles. The molecule has 0 amide bonds. The van der Waals surface area contributed by atoms with Crippen molar-refractivity contribution >= 4 is 11.5 Å². The lowest BCUT2D eigenvalue weighted by molar-refractivity contribution is -0.137. The molecule has 19 heavy (non-hydrogen) atoms. The summed E-state index contributed by atoms with van der Waals surface area (Å²) >= 11 is 0. The Morgan fingerprint density at radius 3 is 2.53 bits per heavy atom. The maximum Gasteiger partial charge on any atom is 0.416 e. The third-order valence-electron chi connectivity index (χ3n) is 2.23. The number of nitrogens with one attached hydrogen (secondary N) is 1. The summed E-state index contributed by atoms with van der Waals surface area (Å²) in [4.78, 5) is 7.62. The number of benzene rings is 1. The van der Waals surface area contributed by atoms with Gasteiger partial charge in [0.2, 0.25) is 0 Å². The second-order valence-electron chi connectivity index (χ2n) is 3.60. The number of alkyl halides is 3. The highest BCUT2D eigenvalue weighted by Gasteiger charge is 2.30. The minimum atomic E-state index is -4.39. The Labute approximate surface area is 106 Å². The average molecular weight is 264 g/mol. The molecule has 0 radical (unpaired) electrons. The number of hydrogen-bond acceptors (Lipinski definition) is 4. The largest absolute Gasteiger partial charge is 0.416 e. The fourth-order valence-corrected chi connectivity index (χ4v) is 1.37. The molecule has 1 aromatic carbocycles. The molecule has 0 aliphatic rings. The van der Waals surface area contributed by atoms with Gasteiger partial charge in [0.1, 0.15) is 11.9 Å². The number of nitriles is 1. The van der Waals surface area contributed by atoms with Gasteiger partial charge in [-0.25, -0.2) is 9.97 Å². The predicted molar refractivity (Wildman–Crippen MR) is 61.5 cm³/mol. The van der Waals surface area contributed by atoms with E-state index in [0.717, 1.165) is 12.1 Å². The van der Waals surface area contributed by atoms with Gasteiger partial charge < -0.3 is 5.32 Å². The zero-order valence-electron chi connectivity index (χ0n) is 9.44. The van der Waals surface area contributed by atoms with Crippen LogP contribution >= 0.6 is 0 Å². The van der Waals surface area contributed by atoms with Crippen molar-refractivity contribution in [2.24, 2.45) is 0 Å². The number of anilines is 2. The van der Waals surface area contributed by atoms with Gasteiger partial charge in [0, 0.05) is 5.69 Å². The molecule has 0 atom stereocenters. The smallest absolute Gasteiger partial charge is 0.339 e. The first-order chi connectivity index (χ1) is 8.99. The Hall–Kier alpha value is -2.62. The van der Waals surface area contributed by atoms with Crippen LogP contribution < -0.4 is 5.32 Å². The van der Waals surface area contributed by atoms with Crippen molar-refractivity contribution < 1.29 is 13.2 Å². The van der Waals surface area contributed by atoms with E-state index in [-0.39, 0.29) is 17.2 Å². The van der Waals surface area contributed by atoms with E-state index in [1.165, 1.54) is 24.5 Å². The number of aromatic nitrogens is 2. The topological polar surface area (TPSA) is 61.6 Å². The molecule has 0 aliphatic carbocycles. The van der Waals surface area contributed by atoms with E-state index >= 15 is 0 Å². The van der Waals surface area contributed by atoms with Gasteiger partial charge in [-0.1, -0.05) is 6.07 Å². The first-order valence-electron chi connectivity index (χ1n) is 5.15. The summed E-state index contributed by atoms with van der Waals surface area (Å²) in [6, 6.07) is 6.53. The molecule has 1 heterocycles. The quantitative estimate of drug-likeness (QED) is 0.905. The Morgan fingerprint density at radius 2 is 1.95 bits per heavy atom. The first kappa shape index (κ1) is 12.8. The van der Waals surface area contributed by atoms with Crippen molar-refractivity contribution in [3.8, 4) is 6.07 Å². The van der Waals surface area contributed by atoms with Crippen LogP contribution in [-0.4, -0.2) is 9.97 Å². The van der Waals surface area contributed by atoms with Crippen LogP contribution in [0.3, 0.4) is 0 Å². The van der Waals surface area contributed by atoms with Gasteiger partial charge in [-0.3, -0.25) is 0 Å². The monoisotopic (exact) mass is 264 g/mol. The Kier molecular flexibility index (Phi) is 3.33. The summed E-state index contributed by atoms with van der Waals surface area (Å²) in [5.74, 6) is 0.262. The van der Waals surface area contributed by atoms with Crippen LogP contribution in [0.15, 0.2) is 36.7 Å². The third-order valence-corrected chi connectivity index (χ3v) is 2.23. The summed E-state index contributed by atoms with van der Waals surface area (Å²) in [5.41, 5.74) is -0.373. The summed E-state index contributed by atoms with van der Waals surface area (Å²) in [5, 5.41) is 11.2. The second-order valence-corrected chi connectivity index (χ2v) is 3.60. The second kappa shape index (κ2) is 4.94. The van der Waals surface area contributed by atoms with Gasteiger partial charge in [0.15, 0.2) is 5.69 Å². The standard InChI is InChI=1S/C12H7F3N4/c13-12(14,15)8-2-1-3-9(4-8)19-11-7-17-10(5-16)6-18-11/h1-4,6-7H,(H,18,19). The van der Waals surface area contributed by atoms with Crippen LogP contribution in [0.25, 0.3) is 0 Å². The SMILES string of the molecule is N#Cc1cnc(Nc2cccc(C(F)(F)F)c2)cn1. The lowest BCUT2D eigenvalue weighted by Gasteiger charge is -2.09. The fourth-order valence-electron chi connectivity index (χ4n) is 1.37. The van der Waals surface area contributed by atoms with E-state index in [4.69, 9.17) is 5.26 Å². The average Bonchev–Trinajstić information content (AvgIpc) is 2.39. The molecule has 7 heteroatoms. The molecular formula is C12H7F3N4. The Balaban J connectivity index is 2.21. The van der Waals surface area contributed by atoms with E-state index in [2.05, 4.69) is 15.3 Å². The Morgan fingerprint density at radius 1 is 1.16 bits per heavy atom. The van der Waals surface area contributed by atoms with Crippen LogP contribution in [0, 0.1) is 11.3 Å². The van der Waals surface area contributed by atoms with E-state index in [9.17, 15) is 13.2 Å². The highest BCUT2D eigenvalue weighted by Crippen LogP contribution is 2.31. The van der Waals surface area contributed by atoms with Crippen molar-refractivity contribution in [2.75, 3.05) is 5.32 Å². The lowest BCUT2D eigenvalue weighted by atomic mass is 10.2. The zero-order valence-corrected chi connectivity index (χ0v) is 9.44. The lowest BCUT2D eigenvalue weighted by Crippen LogP contribution is -2.05. The normalized spacial score (nSPS) is 10.8. The summed E-state index contributed by atoms with van der Waals surface area (Å²) in [6.45, 7) is 0. The van der Waals surface area contributed by atoms with Crippen LogP contribution in [-0.2, 0) is 6.18 Å². The van der Waals surface area contributed by atoms with Crippen molar-refractivity contribution in [1.29, 1.82) is 5.26 Å². The molecule has 4 nitrogen and oxygen atoms in total. The molecule has 0 spiro atoms. The molecule has 0 unspecified atom stereocenters. The highest BCUT2D eigenvalue weighted by atomic mass is 19.4. The van der Waals surface area contributed by atoms with E-state index < -0.39 is 11.7 Å². The predicted octanol–water partition coefficient (Wildman–Crippen LogP) is 3.11. The fraction of sp³-hybridized carbons (Fsp3) is 0.0833. The van der Waals surface area contributed by atoms with E-state index in [1.807, 2.05) is 0 Å². The molecule has 0 bridgehead atoms. The summed E-state index contributed by atoms with van der Waals surface area (Å²) < 4.78 is 37.5. The minimum absolute atomic E-state index is 0.134. The zero-order chi connectivity index (χ0) is 13.9. The number of rotatable bonds is 2. The summed E-state index contributed by atoms with van der Waals surface area (Å²) in [6.07, 6.45) is -1.89. The summed E-state index contributed by atoms with van der Waals surface area (Å²) in [7, 11) is 0. The molecule has 2 rings (SSSR count). The first-order valence-corrected chi connectivity index (χ1v) is 5.15. The molecule has 1 N–H and O–H groups in total. The Bertz CT molecular complexity index is 614. The van der Waals surface area contributed by atoms with Gasteiger partial charge in [-0.05, 0) is 18.2 Å². The van der Waals surface area contributed by atoms with Gasteiger partial charge >= 0.3 is 6.18 Å². The molecule has 0 fully saturated rings. The van der Waals surface area contributed by atoms with Crippen molar-refractivity contribution in [3.05, 3.63) is 47.9 Å². The molecular weight excluding hydrogens is 257 g/mol. The van der Waals surface area contributed by atoms with Gasteiger partial charge in [-0.2, -0.15) is 18.4 Å². The number of halogens is 3. The van der Waals surface area contributed by atoms with Gasteiger partial charge in [0.05, 0.1) is 18.0 Å². The van der Waals surface area contributed by atoms with Crippen molar-refractivity contribution in [3.63, 3.8) is 0 Å². The number of nitrogens with zero attached hydrogens (tertiary/aromatic N) is 3. The van der Waals surface area contributed by atoms with Gasteiger partial charge in [-0.15, -0.1) is 0 Å². The highest BCUT2D eigenvalue weighted by molar-refractivity contribution is 5.56. The van der Waals surface area contributed by atoms with Crippen molar-refractivity contribution in [2.45, 2.75) is 6.18 Å². The van der Waals surface area contributed by atoms with E-state index in [0.29, 0.717) is 0 Å².